The number of carbonyl (C=O) groups is 2. The summed E-state index contributed by atoms with van der Waals surface area (Å²) in [7, 11) is -1.44. The van der Waals surface area contributed by atoms with E-state index in [-0.39, 0.29) is 5.69 Å². The number of hydrogen-bond donors (Lipinski definition) is 2. The number of benzene rings is 1. The second-order valence-corrected chi connectivity index (χ2v) is 6.18. The van der Waals surface area contributed by atoms with Crippen LogP contribution in [-0.2, 0) is 24.2 Å². The Hall–Kier alpha value is -2.29. The molecule has 0 aliphatic heterocycles. The number of nitrogens with one attached hydrogen (secondary N) is 1. The Labute approximate surface area is 122 Å². The molecule has 0 bridgehead atoms. The fourth-order valence-electron chi connectivity index (χ4n) is 1.50. The molecule has 0 unspecified atom stereocenters. The lowest BCUT2D eigenvalue weighted by Crippen LogP contribution is -2.28. The third-order valence-electron chi connectivity index (χ3n) is 2.41. The van der Waals surface area contributed by atoms with Gasteiger partial charge in [-0.25, -0.2) is 8.42 Å². The lowest BCUT2D eigenvalue weighted by Gasteiger charge is -2.11. The van der Waals surface area contributed by atoms with Gasteiger partial charge in [0, 0.05) is 5.69 Å². The summed E-state index contributed by atoms with van der Waals surface area (Å²) in [5.74, 6) is -3.10. The van der Waals surface area contributed by atoms with Gasteiger partial charge < -0.3 is 20.5 Å². The van der Waals surface area contributed by atoms with Crippen LogP contribution in [0.2, 0.25) is 0 Å². The van der Waals surface area contributed by atoms with Crippen LogP contribution in [0.4, 0.5) is 11.4 Å². The summed E-state index contributed by atoms with van der Waals surface area (Å²) in [5.41, 5.74) is 6.21. The number of anilines is 2. The molecule has 1 amide bonds. The maximum Gasteiger partial charge on any atom is 0.320 e. The Kier molecular flexibility index (Phi) is 5.53. The number of hydrogen-bond acceptors (Lipinski definition) is 7. The molecule has 1 aromatic rings. The van der Waals surface area contributed by atoms with E-state index in [0.29, 0.717) is 11.4 Å². The van der Waals surface area contributed by atoms with Gasteiger partial charge in [0.15, 0.2) is 9.84 Å². The van der Waals surface area contributed by atoms with E-state index in [1.165, 1.54) is 19.2 Å². The number of ether oxygens (including phenoxy) is 2. The number of esters is 1. The van der Waals surface area contributed by atoms with E-state index in [2.05, 4.69) is 10.1 Å². The van der Waals surface area contributed by atoms with Crippen LogP contribution >= 0.6 is 0 Å². The SMILES string of the molecule is COC(=O)CS(=O)(=O)CC(=O)Nc1cc(N)ccc1OC. The zero-order valence-corrected chi connectivity index (χ0v) is 12.4. The quantitative estimate of drug-likeness (QED) is 0.550. The first-order chi connectivity index (χ1) is 9.77. The van der Waals surface area contributed by atoms with Crippen LogP contribution in [0, 0.1) is 0 Å². The van der Waals surface area contributed by atoms with Gasteiger partial charge >= 0.3 is 5.97 Å². The van der Waals surface area contributed by atoms with Gasteiger partial charge in [-0.15, -0.1) is 0 Å². The van der Waals surface area contributed by atoms with E-state index < -0.39 is 33.2 Å². The van der Waals surface area contributed by atoms with Gasteiger partial charge in [-0.3, -0.25) is 9.59 Å². The maximum absolute atomic E-state index is 11.7. The molecular formula is C12H16N2O6S. The van der Waals surface area contributed by atoms with Crippen LogP contribution in [0.25, 0.3) is 0 Å². The molecule has 0 radical (unpaired) electrons. The van der Waals surface area contributed by atoms with E-state index in [4.69, 9.17) is 10.5 Å². The Balaban J connectivity index is 2.78. The van der Waals surface area contributed by atoms with Crippen molar-refractivity contribution in [1.29, 1.82) is 0 Å². The highest BCUT2D eigenvalue weighted by molar-refractivity contribution is 7.92. The highest BCUT2D eigenvalue weighted by Gasteiger charge is 2.22. The Morgan fingerprint density at radius 1 is 1.24 bits per heavy atom. The normalized spacial score (nSPS) is 10.8. The molecule has 0 aliphatic carbocycles. The summed E-state index contributed by atoms with van der Waals surface area (Å²) in [6.07, 6.45) is 0. The fourth-order valence-corrected chi connectivity index (χ4v) is 2.55. The highest BCUT2D eigenvalue weighted by Crippen LogP contribution is 2.26. The van der Waals surface area contributed by atoms with Gasteiger partial charge in [0.2, 0.25) is 5.91 Å². The average Bonchev–Trinajstić information content (AvgIpc) is 2.37. The summed E-state index contributed by atoms with van der Waals surface area (Å²) < 4.78 is 32.5. The smallest absolute Gasteiger partial charge is 0.320 e. The van der Waals surface area contributed by atoms with Gasteiger partial charge in [0.05, 0.1) is 19.9 Å². The van der Waals surface area contributed by atoms with Gasteiger partial charge in [-0.2, -0.15) is 0 Å². The minimum Gasteiger partial charge on any atom is -0.495 e. The van der Waals surface area contributed by atoms with Gasteiger partial charge in [0.25, 0.3) is 0 Å². The van der Waals surface area contributed by atoms with E-state index in [1.54, 1.807) is 6.07 Å². The second-order valence-electron chi connectivity index (χ2n) is 4.12. The van der Waals surface area contributed by atoms with Crippen molar-refractivity contribution in [2.75, 3.05) is 36.8 Å². The molecule has 1 aromatic carbocycles. The molecule has 21 heavy (non-hydrogen) atoms. The van der Waals surface area contributed by atoms with Crippen LogP contribution in [0.1, 0.15) is 0 Å². The minimum absolute atomic E-state index is 0.246. The predicted octanol–water partition coefficient (Wildman–Crippen LogP) is -0.196. The fraction of sp³-hybridized carbons (Fsp3) is 0.333. The molecule has 0 aromatic heterocycles. The van der Waals surface area contributed by atoms with E-state index in [1.807, 2.05) is 0 Å². The number of sulfone groups is 1. The van der Waals surface area contributed by atoms with E-state index >= 15 is 0 Å². The maximum atomic E-state index is 11.7. The molecule has 0 spiro atoms. The molecule has 0 saturated carbocycles. The average molecular weight is 316 g/mol. The van der Waals surface area contributed by atoms with Crippen molar-refractivity contribution >= 4 is 33.1 Å². The number of amides is 1. The molecule has 9 heteroatoms. The van der Waals surface area contributed by atoms with Gasteiger partial charge in [-0.1, -0.05) is 0 Å². The summed E-state index contributed by atoms with van der Waals surface area (Å²) >= 11 is 0. The van der Waals surface area contributed by atoms with Crippen molar-refractivity contribution in [3.8, 4) is 5.75 Å². The predicted molar refractivity (Wildman–Crippen MR) is 76.7 cm³/mol. The summed E-state index contributed by atoms with van der Waals surface area (Å²) in [6.45, 7) is 0. The molecule has 1 rings (SSSR count). The van der Waals surface area contributed by atoms with Crippen molar-refractivity contribution < 1.29 is 27.5 Å². The topological polar surface area (TPSA) is 125 Å². The summed E-state index contributed by atoms with van der Waals surface area (Å²) in [6, 6.07) is 4.54. The Morgan fingerprint density at radius 2 is 1.90 bits per heavy atom. The molecule has 0 heterocycles. The van der Waals surface area contributed by atoms with Crippen LogP contribution in [-0.4, -0.2) is 46.0 Å². The van der Waals surface area contributed by atoms with Crippen LogP contribution in [0.3, 0.4) is 0 Å². The molecule has 116 valence electrons. The first-order valence-corrected chi connectivity index (χ1v) is 7.60. The van der Waals surface area contributed by atoms with Crippen molar-refractivity contribution in [2.45, 2.75) is 0 Å². The number of methoxy groups -OCH3 is 2. The molecule has 0 saturated heterocycles. The highest BCUT2D eigenvalue weighted by atomic mass is 32.2. The van der Waals surface area contributed by atoms with Crippen molar-refractivity contribution in [2.24, 2.45) is 0 Å². The van der Waals surface area contributed by atoms with Crippen LogP contribution in [0.15, 0.2) is 18.2 Å². The lowest BCUT2D eigenvalue weighted by atomic mass is 10.2. The monoisotopic (exact) mass is 316 g/mol. The van der Waals surface area contributed by atoms with E-state index in [0.717, 1.165) is 7.11 Å². The number of carbonyl (C=O) groups excluding carboxylic acids is 2. The lowest BCUT2D eigenvalue weighted by molar-refractivity contribution is -0.137. The third-order valence-corrected chi connectivity index (χ3v) is 3.79. The largest absolute Gasteiger partial charge is 0.495 e. The first kappa shape index (κ1) is 16.8. The minimum atomic E-state index is -3.90. The molecule has 0 aliphatic rings. The molecular weight excluding hydrogens is 300 g/mol. The number of nitrogens with two attached hydrogens (primary N) is 1. The van der Waals surface area contributed by atoms with Crippen molar-refractivity contribution in [3.63, 3.8) is 0 Å². The molecule has 0 fully saturated rings. The van der Waals surface area contributed by atoms with Crippen molar-refractivity contribution in [3.05, 3.63) is 18.2 Å². The van der Waals surface area contributed by atoms with Crippen LogP contribution < -0.4 is 15.8 Å². The van der Waals surface area contributed by atoms with Gasteiger partial charge in [0.1, 0.15) is 17.3 Å². The number of rotatable bonds is 6. The Morgan fingerprint density at radius 3 is 2.48 bits per heavy atom. The van der Waals surface area contributed by atoms with Crippen LogP contribution in [0.5, 0.6) is 5.75 Å². The zero-order valence-electron chi connectivity index (χ0n) is 11.6. The first-order valence-electron chi connectivity index (χ1n) is 5.78. The number of nitrogen functional groups attached to an aromatic ring is 1. The molecule has 0 atom stereocenters. The summed E-state index contributed by atoms with van der Waals surface area (Å²) in [4.78, 5) is 22.7. The molecule has 3 N–H and O–H groups in total. The second kappa shape index (κ2) is 6.93. The third kappa shape index (κ3) is 5.30. The summed E-state index contributed by atoms with van der Waals surface area (Å²) in [5, 5.41) is 2.37. The van der Waals surface area contributed by atoms with Crippen molar-refractivity contribution in [1.82, 2.24) is 0 Å². The van der Waals surface area contributed by atoms with E-state index in [9.17, 15) is 18.0 Å². The molecule has 8 nitrogen and oxygen atoms in total. The Bertz CT molecular complexity index is 641. The zero-order chi connectivity index (χ0) is 16.0. The van der Waals surface area contributed by atoms with Gasteiger partial charge in [-0.05, 0) is 18.2 Å². The standard InChI is InChI=1S/C12H16N2O6S/c1-19-10-4-3-8(13)5-9(10)14-11(15)6-21(17,18)7-12(16)20-2/h3-5H,6-7,13H2,1-2H3,(H,14,15).